The number of amides is 1. The summed E-state index contributed by atoms with van der Waals surface area (Å²) < 4.78 is 0. The highest BCUT2D eigenvalue weighted by Gasteiger charge is 2.49. The predicted molar refractivity (Wildman–Crippen MR) is 109 cm³/mol. The fraction of sp³-hybridized carbons (Fsp3) is 0.478. The number of carbonyl (C=O) groups excluding carboxylic acids is 1. The van der Waals surface area contributed by atoms with E-state index in [9.17, 15) is 4.79 Å². The molecule has 2 fully saturated rings. The first-order valence-corrected chi connectivity index (χ1v) is 10.0. The highest BCUT2D eigenvalue weighted by Crippen LogP contribution is 2.46. The van der Waals surface area contributed by atoms with Gasteiger partial charge in [-0.25, -0.2) is 4.98 Å². The van der Waals surface area contributed by atoms with Crippen LogP contribution in [0.5, 0.6) is 0 Å². The van der Waals surface area contributed by atoms with Crippen molar-refractivity contribution in [2.24, 2.45) is 11.8 Å². The van der Waals surface area contributed by atoms with E-state index in [0.29, 0.717) is 17.8 Å². The van der Waals surface area contributed by atoms with Gasteiger partial charge in [-0.05, 0) is 36.1 Å². The quantitative estimate of drug-likeness (QED) is 0.821. The molecule has 0 spiro atoms. The summed E-state index contributed by atoms with van der Waals surface area (Å²) in [7, 11) is 0. The van der Waals surface area contributed by atoms with Crippen LogP contribution in [0.15, 0.2) is 42.5 Å². The molecule has 4 heteroatoms. The van der Waals surface area contributed by atoms with Gasteiger partial charge in [0.05, 0.1) is 6.04 Å². The molecule has 2 aliphatic rings. The molecule has 27 heavy (non-hydrogen) atoms. The third-order valence-corrected chi connectivity index (χ3v) is 6.25. The molecule has 4 nitrogen and oxygen atoms in total. The van der Waals surface area contributed by atoms with Crippen LogP contribution >= 0.6 is 0 Å². The number of likely N-dealkylation sites (tertiary alicyclic amines) is 1. The van der Waals surface area contributed by atoms with E-state index in [2.05, 4.69) is 73.0 Å². The second-order valence-corrected chi connectivity index (χ2v) is 8.38. The predicted octanol–water partition coefficient (Wildman–Crippen LogP) is 4.17. The van der Waals surface area contributed by atoms with Crippen molar-refractivity contribution in [1.82, 2.24) is 9.88 Å². The standard InChI is InChI=1S/C23H29N3O/c1-15(2)21-10-7-11-22(24-21)25-12-18-13-26(17(4)27)23(20(18)14-25)19-9-6-5-8-16(19)3/h5-11,15,18,20,23H,12-14H2,1-4H3/t18-,20-,23-/m1/s1. The summed E-state index contributed by atoms with van der Waals surface area (Å²) in [5, 5.41) is 0. The highest BCUT2D eigenvalue weighted by atomic mass is 16.2. The van der Waals surface area contributed by atoms with Gasteiger partial charge in [0.1, 0.15) is 5.82 Å². The molecular formula is C23H29N3O. The maximum absolute atomic E-state index is 12.3. The van der Waals surface area contributed by atoms with Crippen LogP contribution in [0.3, 0.4) is 0 Å². The molecule has 3 heterocycles. The van der Waals surface area contributed by atoms with Gasteiger partial charge in [-0.2, -0.15) is 0 Å². The third-order valence-electron chi connectivity index (χ3n) is 6.25. The number of nitrogens with zero attached hydrogens (tertiary/aromatic N) is 3. The highest BCUT2D eigenvalue weighted by molar-refractivity contribution is 5.74. The number of fused-ring (bicyclic) bond motifs is 1. The lowest BCUT2D eigenvalue weighted by atomic mass is 9.87. The van der Waals surface area contributed by atoms with E-state index in [4.69, 9.17) is 4.98 Å². The zero-order chi connectivity index (χ0) is 19.1. The maximum Gasteiger partial charge on any atom is 0.219 e. The van der Waals surface area contributed by atoms with E-state index >= 15 is 0 Å². The molecular weight excluding hydrogens is 334 g/mol. The van der Waals surface area contributed by atoms with Gasteiger partial charge in [0.15, 0.2) is 0 Å². The number of aromatic nitrogens is 1. The van der Waals surface area contributed by atoms with Crippen molar-refractivity contribution in [3.63, 3.8) is 0 Å². The van der Waals surface area contributed by atoms with Gasteiger partial charge in [0.25, 0.3) is 0 Å². The second-order valence-electron chi connectivity index (χ2n) is 8.38. The van der Waals surface area contributed by atoms with E-state index in [1.54, 1.807) is 6.92 Å². The number of anilines is 1. The van der Waals surface area contributed by atoms with E-state index in [0.717, 1.165) is 31.1 Å². The van der Waals surface area contributed by atoms with Crippen LogP contribution in [0.2, 0.25) is 0 Å². The van der Waals surface area contributed by atoms with Gasteiger partial charge in [-0.1, -0.05) is 44.2 Å². The first-order chi connectivity index (χ1) is 13.0. The van der Waals surface area contributed by atoms with Gasteiger partial charge >= 0.3 is 0 Å². The van der Waals surface area contributed by atoms with Crippen LogP contribution < -0.4 is 4.90 Å². The summed E-state index contributed by atoms with van der Waals surface area (Å²) >= 11 is 0. The lowest BCUT2D eigenvalue weighted by Gasteiger charge is -2.30. The molecule has 0 aliphatic carbocycles. The fourth-order valence-electron chi connectivity index (χ4n) is 4.81. The number of hydrogen-bond donors (Lipinski definition) is 0. The van der Waals surface area contributed by atoms with Gasteiger partial charge in [0.2, 0.25) is 5.91 Å². The number of carbonyl (C=O) groups is 1. The maximum atomic E-state index is 12.3. The SMILES string of the molecule is CC(=O)N1C[C@H]2CN(c3cccc(C(C)C)n3)C[C@H]2[C@H]1c1ccccc1C. The van der Waals surface area contributed by atoms with Gasteiger partial charge in [-0.15, -0.1) is 0 Å². The Morgan fingerprint density at radius 3 is 2.56 bits per heavy atom. The van der Waals surface area contributed by atoms with Crippen molar-refractivity contribution >= 4 is 11.7 Å². The van der Waals surface area contributed by atoms with E-state index in [-0.39, 0.29) is 11.9 Å². The summed E-state index contributed by atoms with van der Waals surface area (Å²) in [6.45, 7) is 11.0. The Bertz CT molecular complexity index is 847. The molecule has 0 unspecified atom stereocenters. The third kappa shape index (κ3) is 3.22. The zero-order valence-corrected chi connectivity index (χ0v) is 16.7. The molecule has 1 amide bonds. The molecule has 2 aliphatic heterocycles. The van der Waals surface area contributed by atoms with Gasteiger partial charge in [-0.3, -0.25) is 4.79 Å². The average Bonchev–Trinajstić information content (AvgIpc) is 3.20. The number of rotatable bonds is 3. The Kier molecular flexibility index (Phi) is 4.67. The molecule has 3 atom stereocenters. The van der Waals surface area contributed by atoms with E-state index < -0.39 is 0 Å². The Balaban J connectivity index is 1.64. The van der Waals surface area contributed by atoms with Crippen molar-refractivity contribution in [3.05, 3.63) is 59.3 Å². The lowest BCUT2D eigenvalue weighted by Crippen LogP contribution is -2.34. The summed E-state index contributed by atoms with van der Waals surface area (Å²) in [6.07, 6.45) is 0. The first-order valence-electron chi connectivity index (χ1n) is 10.0. The Hall–Kier alpha value is -2.36. The van der Waals surface area contributed by atoms with Gasteiger partial charge in [0, 0.05) is 44.1 Å². The van der Waals surface area contributed by atoms with Gasteiger partial charge < -0.3 is 9.80 Å². The monoisotopic (exact) mass is 363 g/mol. The number of pyridine rings is 1. The van der Waals surface area contributed by atoms with Crippen molar-refractivity contribution in [3.8, 4) is 0 Å². The summed E-state index contributed by atoms with van der Waals surface area (Å²) in [5.41, 5.74) is 3.71. The van der Waals surface area contributed by atoms with Crippen molar-refractivity contribution in [1.29, 1.82) is 0 Å². The summed E-state index contributed by atoms with van der Waals surface area (Å²) in [4.78, 5) is 21.8. The van der Waals surface area contributed by atoms with Crippen LogP contribution in [-0.4, -0.2) is 35.4 Å². The molecule has 0 radical (unpaired) electrons. The Morgan fingerprint density at radius 2 is 1.85 bits per heavy atom. The van der Waals surface area contributed by atoms with Crippen LogP contribution in [0.4, 0.5) is 5.82 Å². The average molecular weight is 364 g/mol. The largest absolute Gasteiger partial charge is 0.356 e. The number of benzene rings is 1. The van der Waals surface area contributed by atoms with Crippen molar-refractivity contribution in [2.75, 3.05) is 24.5 Å². The fourth-order valence-corrected chi connectivity index (χ4v) is 4.81. The minimum Gasteiger partial charge on any atom is -0.356 e. The summed E-state index contributed by atoms with van der Waals surface area (Å²) in [6, 6.07) is 15.0. The van der Waals surface area contributed by atoms with Crippen LogP contribution in [-0.2, 0) is 4.79 Å². The zero-order valence-electron chi connectivity index (χ0n) is 16.7. The molecule has 0 N–H and O–H groups in total. The molecule has 1 aromatic heterocycles. The molecule has 142 valence electrons. The Labute approximate surface area is 162 Å². The second kappa shape index (κ2) is 6.99. The van der Waals surface area contributed by atoms with Crippen LogP contribution in [0.1, 0.15) is 49.6 Å². The molecule has 2 saturated heterocycles. The smallest absolute Gasteiger partial charge is 0.219 e. The molecule has 0 bridgehead atoms. The summed E-state index contributed by atoms with van der Waals surface area (Å²) in [5.74, 6) is 2.65. The normalized spacial score (nSPS) is 24.6. The number of aryl methyl sites for hydroxylation is 1. The first kappa shape index (κ1) is 18.0. The topological polar surface area (TPSA) is 36.4 Å². The van der Waals surface area contributed by atoms with Crippen molar-refractivity contribution in [2.45, 2.75) is 39.7 Å². The minimum atomic E-state index is 0.173. The van der Waals surface area contributed by atoms with Crippen LogP contribution in [0.25, 0.3) is 0 Å². The van der Waals surface area contributed by atoms with Crippen LogP contribution in [0, 0.1) is 18.8 Å². The molecule has 4 rings (SSSR count). The van der Waals surface area contributed by atoms with Crippen molar-refractivity contribution < 1.29 is 4.79 Å². The lowest BCUT2D eigenvalue weighted by molar-refractivity contribution is -0.130. The Morgan fingerprint density at radius 1 is 1.07 bits per heavy atom. The molecule has 2 aromatic rings. The molecule has 1 aromatic carbocycles. The number of hydrogen-bond acceptors (Lipinski definition) is 3. The molecule has 0 saturated carbocycles. The van der Waals surface area contributed by atoms with E-state index in [1.807, 2.05) is 0 Å². The van der Waals surface area contributed by atoms with E-state index in [1.165, 1.54) is 11.1 Å². The minimum absolute atomic E-state index is 0.173.